The summed E-state index contributed by atoms with van der Waals surface area (Å²) in [6.45, 7) is 9.83. The van der Waals surface area contributed by atoms with E-state index in [0.29, 0.717) is 25.6 Å². The van der Waals surface area contributed by atoms with Crippen LogP contribution in [0.25, 0.3) is 11.4 Å². The van der Waals surface area contributed by atoms with Crippen molar-refractivity contribution in [3.63, 3.8) is 0 Å². The lowest BCUT2D eigenvalue weighted by molar-refractivity contribution is 0.193. The first-order valence-electron chi connectivity index (χ1n) is 11.3. The van der Waals surface area contributed by atoms with Gasteiger partial charge in [0.15, 0.2) is 5.82 Å². The largest absolute Gasteiger partial charge is 0.353 e. The molecule has 0 radical (unpaired) electrons. The predicted molar refractivity (Wildman–Crippen MR) is 129 cm³/mol. The number of hydrogen-bond acceptors (Lipinski definition) is 4. The number of hydrogen-bond donors (Lipinski definition) is 1. The Hall–Kier alpha value is -3.41. The van der Waals surface area contributed by atoms with Crippen molar-refractivity contribution in [2.24, 2.45) is 0 Å². The second-order valence-corrected chi connectivity index (χ2v) is 8.51. The summed E-state index contributed by atoms with van der Waals surface area (Å²) in [6.07, 6.45) is 0. The first kappa shape index (κ1) is 21.8. The van der Waals surface area contributed by atoms with Gasteiger partial charge in [0, 0.05) is 49.5 Å². The monoisotopic (exact) mass is 429 g/mol. The van der Waals surface area contributed by atoms with Crippen molar-refractivity contribution in [1.82, 2.24) is 20.2 Å². The Bertz CT molecular complexity index is 1040. The molecule has 6 heteroatoms. The van der Waals surface area contributed by atoms with Crippen LogP contribution in [0.3, 0.4) is 0 Å². The molecule has 2 amide bonds. The fraction of sp³-hybridized carbons (Fsp3) is 0.346. The van der Waals surface area contributed by atoms with Crippen molar-refractivity contribution < 1.29 is 4.79 Å². The second-order valence-electron chi connectivity index (χ2n) is 8.51. The van der Waals surface area contributed by atoms with E-state index in [0.717, 1.165) is 41.6 Å². The van der Waals surface area contributed by atoms with Crippen LogP contribution < -0.4 is 10.2 Å². The Balaban J connectivity index is 1.47. The second kappa shape index (κ2) is 9.81. The van der Waals surface area contributed by atoms with E-state index in [1.54, 1.807) is 0 Å². The standard InChI is InChI=1S/C26H31N5O/c1-19(2)23-20(3)28-24(22-12-8-5-9-13-22)29-25(23)30-14-16-31(17-15-30)26(32)27-18-21-10-6-4-7-11-21/h4-13,19H,14-18H2,1-3H3,(H,27,32). The molecule has 2 heterocycles. The molecule has 0 unspecified atom stereocenters. The Morgan fingerprint density at radius 1 is 0.938 bits per heavy atom. The highest BCUT2D eigenvalue weighted by molar-refractivity contribution is 5.74. The van der Waals surface area contributed by atoms with Gasteiger partial charge in [-0.1, -0.05) is 74.5 Å². The zero-order valence-corrected chi connectivity index (χ0v) is 19.1. The average Bonchev–Trinajstić information content (AvgIpc) is 2.83. The SMILES string of the molecule is Cc1nc(-c2ccccc2)nc(N2CCN(C(=O)NCc3ccccc3)CC2)c1C(C)C. The average molecular weight is 430 g/mol. The van der Waals surface area contributed by atoms with Crippen LogP contribution in [-0.2, 0) is 6.54 Å². The summed E-state index contributed by atoms with van der Waals surface area (Å²) in [5.41, 5.74) is 4.33. The summed E-state index contributed by atoms with van der Waals surface area (Å²) in [6, 6.07) is 20.1. The normalized spacial score (nSPS) is 14.0. The lowest BCUT2D eigenvalue weighted by Gasteiger charge is -2.37. The maximum absolute atomic E-state index is 12.7. The molecule has 0 saturated carbocycles. The molecule has 0 atom stereocenters. The molecule has 1 saturated heterocycles. The molecule has 6 nitrogen and oxygen atoms in total. The first-order chi connectivity index (χ1) is 15.5. The molecule has 4 rings (SSSR count). The maximum Gasteiger partial charge on any atom is 0.317 e. The van der Waals surface area contributed by atoms with Crippen molar-refractivity contribution in [3.05, 3.63) is 77.5 Å². The summed E-state index contributed by atoms with van der Waals surface area (Å²) >= 11 is 0. The zero-order valence-electron chi connectivity index (χ0n) is 19.1. The molecule has 3 aromatic rings. The Kier molecular flexibility index (Phi) is 6.69. The number of aryl methyl sites for hydroxylation is 1. The highest BCUT2D eigenvalue weighted by Crippen LogP contribution is 2.31. The van der Waals surface area contributed by atoms with Gasteiger partial charge in [0.1, 0.15) is 5.82 Å². The number of aromatic nitrogens is 2. The number of nitrogens with zero attached hydrogens (tertiary/aromatic N) is 4. The molecule has 1 aliphatic rings. The molecule has 0 aliphatic carbocycles. The van der Waals surface area contributed by atoms with Gasteiger partial charge < -0.3 is 15.1 Å². The summed E-state index contributed by atoms with van der Waals surface area (Å²) in [5.74, 6) is 2.07. The number of carbonyl (C=O) groups is 1. The minimum atomic E-state index is -0.0126. The van der Waals surface area contributed by atoms with Gasteiger partial charge in [0.25, 0.3) is 0 Å². The molecule has 32 heavy (non-hydrogen) atoms. The third-order valence-electron chi connectivity index (χ3n) is 5.88. The number of benzene rings is 2. The Morgan fingerprint density at radius 3 is 2.19 bits per heavy atom. The van der Waals surface area contributed by atoms with Crippen LogP contribution in [-0.4, -0.2) is 47.1 Å². The van der Waals surface area contributed by atoms with Gasteiger partial charge in [0.2, 0.25) is 0 Å². The van der Waals surface area contributed by atoms with Crippen LogP contribution >= 0.6 is 0 Å². The summed E-state index contributed by atoms with van der Waals surface area (Å²) in [4.78, 5) is 26.6. The van der Waals surface area contributed by atoms with Gasteiger partial charge in [0.05, 0.1) is 0 Å². The molecule has 1 aromatic heterocycles. The van der Waals surface area contributed by atoms with Crippen LogP contribution in [0.15, 0.2) is 60.7 Å². The highest BCUT2D eigenvalue weighted by Gasteiger charge is 2.26. The lowest BCUT2D eigenvalue weighted by atomic mass is 10.0. The zero-order chi connectivity index (χ0) is 22.5. The van der Waals surface area contributed by atoms with Crippen molar-refractivity contribution in [2.45, 2.75) is 33.2 Å². The van der Waals surface area contributed by atoms with E-state index in [9.17, 15) is 4.79 Å². The number of rotatable bonds is 5. The molecule has 2 aromatic carbocycles. The Labute approximate surface area is 190 Å². The summed E-state index contributed by atoms with van der Waals surface area (Å²) in [7, 11) is 0. The topological polar surface area (TPSA) is 61.4 Å². The Morgan fingerprint density at radius 2 is 1.56 bits per heavy atom. The minimum Gasteiger partial charge on any atom is -0.353 e. The number of anilines is 1. The number of carbonyl (C=O) groups excluding carboxylic acids is 1. The van der Waals surface area contributed by atoms with Crippen molar-refractivity contribution in [1.29, 1.82) is 0 Å². The maximum atomic E-state index is 12.7. The van der Waals surface area contributed by atoms with Crippen LogP contribution in [0, 0.1) is 6.92 Å². The predicted octanol–water partition coefficient (Wildman–Crippen LogP) is 4.61. The number of amides is 2. The van der Waals surface area contributed by atoms with Crippen molar-refractivity contribution in [2.75, 3.05) is 31.1 Å². The van der Waals surface area contributed by atoms with E-state index in [1.165, 1.54) is 5.56 Å². The molecular formula is C26H31N5O. The van der Waals surface area contributed by atoms with Gasteiger partial charge in [-0.25, -0.2) is 14.8 Å². The van der Waals surface area contributed by atoms with E-state index in [1.807, 2.05) is 65.6 Å². The van der Waals surface area contributed by atoms with Gasteiger partial charge in [-0.2, -0.15) is 0 Å². The fourth-order valence-electron chi connectivity index (χ4n) is 4.21. The molecule has 1 N–H and O–H groups in total. The van der Waals surface area contributed by atoms with Crippen molar-refractivity contribution in [3.8, 4) is 11.4 Å². The van der Waals surface area contributed by atoms with Gasteiger partial charge in [-0.3, -0.25) is 0 Å². The summed E-state index contributed by atoms with van der Waals surface area (Å²) in [5, 5.41) is 3.04. The van der Waals surface area contributed by atoms with E-state index < -0.39 is 0 Å². The van der Waals surface area contributed by atoms with E-state index in [-0.39, 0.29) is 6.03 Å². The summed E-state index contributed by atoms with van der Waals surface area (Å²) < 4.78 is 0. The number of nitrogens with one attached hydrogen (secondary N) is 1. The molecule has 1 aliphatic heterocycles. The number of piperazine rings is 1. The number of urea groups is 1. The van der Waals surface area contributed by atoms with E-state index in [2.05, 4.69) is 31.0 Å². The van der Waals surface area contributed by atoms with Gasteiger partial charge in [-0.05, 0) is 18.4 Å². The third-order valence-corrected chi connectivity index (χ3v) is 5.88. The lowest BCUT2D eigenvalue weighted by Crippen LogP contribution is -2.52. The fourth-order valence-corrected chi connectivity index (χ4v) is 4.21. The van der Waals surface area contributed by atoms with Gasteiger partial charge in [-0.15, -0.1) is 0 Å². The van der Waals surface area contributed by atoms with Crippen LogP contribution in [0.5, 0.6) is 0 Å². The minimum absolute atomic E-state index is 0.0126. The van der Waals surface area contributed by atoms with Crippen LogP contribution in [0.2, 0.25) is 0 Å². The highest BCUT2D eigenvalue weighted by atomic mass is 16.2. The first-order valence-corrected chi connectivity index (χ1v) is 11.3. The third kappa shape index (κ3) is 4.90. The van der Waals surface area contributed by atoms with Gasteiger partial charge >= 0.3 is 6.03 Å². The van der Waals surface area contributed by atoms with Crippen LogP contribution in [0.1, 0.15) is 36.6 Å². The van der Waals surface area contributed by atoms with E-state index >= 15 is 0 Å². The molecular weight excluding hydrogens is 398 g/mol. The quantitative estimate of drug-likeness (QED) is 0.644. The molecule has 166 valence electrons. The molecule has 1 fully saturated rings. The molecule has 0 bridgehead atoms. The van der Waals surface area contributed by atoms with Crippen molar-refractivity contribution >= 4 is 11.8 Å². The van der Waals surface area contributed by atoms with E-state index in [4.69, 9.17) is 9.97 Å². The smallest absolute Gasteiger partial charge is 0.317 e. The van der Waals surface area contributed by atoms with Crippen LogP contribution in [0.4, 0.5) is 10.6 Å². The molecule has 0 spiro atoms.